The molecule has 1 atom stereocenters. The van der Waals surface area contributed by atoms with Crippen LogP contribution in [0, 0.1) is 23.3 Å². The third-order valence-corrected chi connectivity index (χ3v) is 9.68. The van der Waals surface area contributed by atoms with E-state index in [0.29, 0.717) is 4.31 Å². The molecule has 2 heterocycles. The monoisotopic (exact) mass is 622 g/mol. The van der Waals surface area contributed by atoms with E-state index in [4.69, 9.17) is 0 Å². The lowest BCUT2D eigenvalue weighted by Gasteiger charge is -2.41. The summed E-state index contributed by atoms with van der Waals surface area (Å²) in [6.45, 7) is -0.687. The van der Waals surface area contributed by atoms with Crippen LogP contribution in [0.15, 0.2) is 41.6 Å². The number of hydrogen-bond donors (Lipinski definition) is 2. The quantitative estimate of drug-likeness (QED) is 0.277. The van der Waals surface area contributed by atoms with Crippen molar-refractivity contribution in [3.05, 3.63) is 76.9 Å². The number of rotatable bonds is 8. The first-order valence-corrected chi connectivity index (χ1v) is 14.9. The van der Waals surface area contributed by atoms with Gasteiger partial charge in [0.15, 0.2) is 28.2 Å². The van der Waals surface area contributed by atoms with Crippen LogP contribution in [0.3, 0.4) is 0 Å². The molecular weight excluding hydrogens is 596 g/mol. The Balaban J connectivity index is 1.48. The van der Waals surface area contributed by atoms with E-state index in [0.717, 1.165) is 54.8 Å². The minimum absolute atomic E-state index is 0.0379. The van der Waals surface area contributed by atoms with E-state index in [-0.39, 0.29) is 42.9 Å². The van der Waals surface area contributed by atoms with Gasteiger partial charge in [-0.2, -0.15) is 4.31 Å². The first kappa shape index (κ1) is 30.4. The van der Waals surface area contributed by atoms with Crippen LogP contribution >= 0.6 is 0 Å². The zero-order valence-electron chi connectivity index (χ0n) is 22.5. The largest absolute Gasteiger partial charge is 0.507 e. The van der Waals surface area contributed by atoms with Gasteiger partial charge in [-0.1, -0.05) is 19.3 Å². The Hall–Kier alpha value is -4.11. The molecule has 228 valence electrons. The zero-order valence-corrected chi connectivity index (χ0v) is 23.3. The molecular formula is C28H26F4N4O6S. The van der Waals surface area contributed by atoms with Crippen LogP contribution in [0.1, 0.15) is 66.2 Å². The summed E-state index contributed by atoms with van der Waals surface area (Å²) in [5, 5.41) is 19.6. The lowest BCUT2D eigenvalue weighted by atomic mass is 9.87. The molecule has 0 unspecified atom stereocenters. The van der Waals surface area contributed by atoms with E-state index in [9.17, 15) is 45.8 Å². The van der Waals surface area contributed by atoms with Gasteiger partial charge in [-0.25, -0.2) is 30.8 Å². The second kappa shape index (κ2) is 11.9. The molecule has 0 bridgehead atoms. The number of carbonyl (C=O) groups is 2. The number of carbonyl (C=O) groups excluding carboxylic acids is 1. The van der Waals surface area contributed by atoms with Crippen molar-refractivity contribution in [2.45, 2.75) is 61.9 Å². The molecule has 1 saturated carbocycles. The van der Waals surface area contributed by atoms with E-state index in [1.54, 1.807) is 6.20 Å². The first-order valence-electron chi connectivity index (χ1n) is 13.4. The smallest absolute Gasteiger partial charge is 0.339 e. The summed E-state index contributed by atoms with van der Waals surface area (Å²) in [6.07, 6.45) is 8.15. The number of anilines is 1. The van der Waals surface area contributed by atoms with Crippen LogP contribution in [0.5, 0.6) is 5.75 Å². The van der Waals surface area contributed by atoms with Gasteiger partial charge in [0.25, 0.3) is 0 Å². The molecule has 2 aliphatic rings. The SMILES string of the molecule is O=C(O)c1ccc(N(Cc2cnc(C3CCCCC3)cn2)C(=O)[C@H]2CCN2S(=O)(=O)c2c(F)c(F)cc(F)c2F)cc1O. The number of phenols is 1. The second-order valence-electron chi connectivity index (χ2n) is 10.4. The Morgan fingerprint density at radius 1 is 0.953 bits per heavy atom. The fourth-order valence-corrected chi connectivity index (χ4v) is 7.11. The Morgan fingerprint density at radius 3 is 2.16 bits per heavy atom. The van der Waals surface area contributed by atoms with E-state index < -0.39 is 67.4 Å². The van der Waals surface area contributed by atoms with Crippen LogP contribution in [0.4, 0.5) is 23.2 Å². The number of sulfonamides is 1. The maximum atomic E-state index is 14.4. The molecule has 43 heavy (non-hydrogen) atoms. The number of aromatic nitrogens is 2. The number of amides is 1. The zero-order chi connectivity index (χ0) is 31.1. The summed E-state index contributed by atoms with van der Waals surface area (Å²) >= 11 is 0. The maximum Gasteiger partial charge on any atom is 0.339 e. The van der Waals surface area contributed by atoms with Crippen molar-refractivity contribution in [3.63, 3.8) is 0 Å². The molecule has 0 spiro atoms. The van der Waals surface area contributed by atoms with Crippen molar-refractivity contribution in [1.29, 1.82) is 0 Å². The molecule has 15 heteroatoms. The number of aromatic hydroxyl groups is 1. The van der Waals surface area contributed by atoms with Gasteiger partial charge in [0.2, 0.25) is 15.9 Å². The summed E-state index contributed by atoms with van der Waals surface area (Å²) in [7, 11) is -5.23. The number of nitrogens with zero attached hydrogens (tertiary/aromatic N) is 4. The summed E-state index contributed by atoms with van der Waals surface area (Å²) in [4.78, 5) is 33.2. The molecule has 1 saturated heterocycles. The highest BCUT2D eigenvalue weighted by Crippen LogP contribution is 2.35. The lowest BCUT2D eigenvalue weighted by Crippen LogP contribution is -2.59. The minimum Gasteiger partial charge on any atom is -0.507 e. The molecule has 1 aromatic heterocycles. The number of aromatic carboxylic acids is 1. The van der Waals surface area contributed by atoms with Gasteiger partial charge in [0.05, 0.1) is 24.1 Å². The average Bonchev–Trinajstić information content (AvgIpc) is 2.94. The van der Waals surface area contributed by atoms with Crippen molar-refractivity contribution >= 4 is 27.6 Å². The van der Waals surface area contributed by atoms with Crippen LogP contribution in [-0.4, -0.2) is 57.4 Å². The van der Waals surface area contributed by atoms with Crippen LogP contribution < -0.4 is 4.90 Å². The highest BCUT2D eigenvalue weighted by molar-refractivity contribution is 7.89. The topological polar surface area (TPSA) is 141 Å². The molecule has 2 aromatic carbocycles. The van der Waals surface area contributed by atoms with E-state index in [1.807, 2.05) is 0 Å². The number of carboxylic acid groups (broad SMARTS) is 1. The molecule has 3 aromatic rings. The van der Waals surface area contributed by atoms with Crippen molar-refractivity contribution in [3.8, 4) is 5.75 Å². The van der Waals surface area contributed by atoms with Gasteiger partial charge in [0.1, 0.15) is 17.4 Å². The molecule has 1 amide bonds. The minimum atomic E-state index is -5.23. The third-order valence-electron chi connectivity index (χ3n) is 7.75. The standard InChI is InChI=1S/C28H26F4N4O6S/c29-19-11-20(30)25(32)26(24(19)31)43(41,42)36-9-8-22(36)27(38)35(17-6-7-18(28(39)40)23(37)10-17)14-16-12-34-21(13-33-16)15-4-2-1-3-5-15/h6-7,10-13,15,22,37H,1-5,8-9,14H2,(H,39,40)/t22-/m1/s1. The lowest BCUT2D eigenvalue weighted by molar-refractivity contribution is -0.125. The van der Waals surface area contributed by atoms with Crippen molar-refractivity contribution in [2.24, 2.45) is 0 Å². The van der Waals surface area contributed by atoms with Crippen LogP contribution in [0.25, 0.3) is 0 Å². The molecule has 1 aliphatic carbocycles. The van der Waals surface area contributed by atoms with Crippen molar-refractivity contribution in [2.75, 3.05) is 11.4 Å². The Bertz CT molecular complexity index is 1660. The first-order chi connectivity index (χ1) is 20.4. The average molecular weight is 623 g/mol. The maximum absolute atomic E-state index is 14.4. The third kappa shape index (κ3) is 5.78. The Labute approximate surface area is 243 Å². The highest BCUT2D eigenvalue weighted by Gasteiger charge is 2.47. The Morgan fingerprint density at radius 2 is 1.63 bits per heavy atom. The van der Waals surface area contributed by atoms with Gasteiger partial charge < -0.3 is 15.1 Å². The predicted octanol–water partition coefficient (Wildman–Crippen LogP) is 4.48. The van der Waals surface area contributed by atoms with Crippen LogP contribution in [-0.2, 0) is 21.4 Å². The summed E-state index contributed by atoms with van der Waals surface area (Å²) in [5.41, 5.74) is 0.559. The fourth-order valence-electron chi connectivity index (χ4n) is 5.36. The van der Waals surface area contributed by atoms with Gasteiger partial charge >= 0.3 is 5.97 Å². The van der Waals surface area contributed by atoms with Gasteiger partial charge in [-0.15, -0.1) is 0 Å². The van der Waals surface area contributed by atoms with E-state index in [1.165, 1.54) is 12.3 Å². The second-order valence-corrected chi connectivity index (χ2v) is 12.2. The number of benzene rings is 2. The van der Waals surface area contributed by atoms with Gasteiger partial charge in [-0.05, 0) is 31.4 Å². The molecule has 5 rings (SSSR count). The number of carboxylic acids is 1. The highest BCUT2D eigenvalue weighted by atomic mass is 32.2. The number of halogens is 4. The van der Waals surface area contributed by atoms with E-state index in [2.05, 4.69) is 9.97 Å². The van der Waals surface area contributed by atoms with Crippen molar-refractivity contribution < 1.29 is 45.8 Å². The molecule has 0 radical (unpaired) electrons. The van der Waals surface area contributed by atoms with Crippen LogP contribution in [0.2, 0.25) is 0 Å². The predicted molar refractivity (Wildman–Crippen MR) is 143 cm³/mol. The van der Waals surface area contributed by atoms with Gasteiger partial charge in [-0.3, -0.25) is 14.8 Å². The van der Waals surface area contributed by atoms with Gasteiger partial charge in [0, 0.05) is 36.5 Å². The molecule has 2 fully saturated rings. The fraction of sp³-hybridized carbons (Fsp3) is 0.357. The summed E-state index contributed by atoms with van der Waals surface area (Å²) < 4.78 is 83.3. The summed E-state index contributed by atoms with van der Waals surface area (Å²) in [5.74, 6) is -10.9. The molecule has 10 nitrogen and oxygen atoms in total. The summed E-state index contributed by atoms with van der Waals surface area (Å²) in [6, 6.07) is 1.57. The molecule has 1 aliphatic heterocycles. The Kier molecular flexibility index (Phi) is 8.38. The van der Waals surface area contributed by atoms with E-state index >= 15 is 0 Å². The normalized spacial score (nSPS) is 17.8. The van der Waals surface area contributed by atoms with Crippen molar-refractivity contribution in [1.82, 2.24) is 14.3 Å². The molecule has 2 N–H and O–H groups in total. The number of hydrogen-bond acceptors (Lipinski definition) is 7.